The molecule has 0 amide bonds. The Kier molecular flexibility index (Phi) is 4.17. The highest BCUT2D eigenvalue weighted by Crippen LogP contribution is 2.22. The summed E-state index contributed by atoms with van der Waals surface area (Å²) in [4.78, 5) is 0. The van der Waals surface area contributed by atoms with Crippen LogP contribution < -0.4 is 17.7 Å². The van der Waals surface area contributed by atoms with Crippen molar-refractivity contribution in [3.63, 3.8) is 0 Å². The fourth-order valence-electron chi connectivity index (χ4n) is 1.24. The summed E-state index contributed by atoms with van der Waals surface area (Å²) in [7, 11) is 0. The van der Waals surface area contributed by atoms with Crippen LogP contribution in [-0.4, -0.2) is 6.04 Å². The molecule has 2 rings (SSSR count). The van der Waals surface area contributed by atoms with Gasteiger partial charge in [0.2, 0.25) is 0 Å². The highest BCUT2D eigenvalue weighted by atomic mass is 35.5. The van der Waals surface area contributed by atoms with Gasteiger partial charge in [-0.25, -0.2) is 4.39 Å². The van der Waals surface area contributed by atoms with Gasteiger partial charge in [0.25, 0.3) is 0 Å². The fourth-order valence-corrected chi connectivity index (χ4v) is 1.46. The van der Waals surface area contributed by atoms with E-state index in [0.29, 0.717) is 23.2 Å². The lowest BCUT2D eigenvalue weighted by Crippen LogP contribution is -3.00. The zero-order valence-electron chi connectivity index (χ0n) is 7.56. The van der Waals surface area contributed by atoms with Gasteiger partial charge in [0, 0.05) is 23.2 Å². The van der Waals surface area contributed by atoms with Gasteiger partial charge in [-0.05, 0) is 25.0 Å². The summed E-state index contributed by atoms with van der Waals surface area (Å²) in [6.45, 7) is 0.538. The van der Waals surface area contributed by atoms with Crippen molar-refractivity contribution in [1.82, 2.24) is 5.32 Å². The van der Waals surface area contributed by atoms with Crippen molar-refractivity contribution < 1.29 is 16.8 Å². The second kappa shape index (κ2) is 4.96. The highest BCUT2D eigenvalue weighted by molar-refractivity contribution is 6.31. The van der Waals surface area contributed by atoms with Crippen LogP contribution in [0.5, 0.6) is 0 Å². The second-order valence-electron chi connectivity index (χ2n) is 3.36. The molecule has 1 aliphatic carbocycles. The van der Waals surface area contributed by atoms with Crippen molar-refractivity contribution in [3.8, 4) is 0 Å². The average Bonchev–Trinajstić information content (AvgIpc) is 2.87. The van der Waals surface area contributed by atoms with Crippen molar-refractivity contribution in [2.45, 2.75) is 25.4 Å². The zero-order valence-corrected chi connectivity index (χ0v) is 9.08. The topological polar surface area (TPSA) is 12.0 Å². The molecule has 0 unspecified atom stereocenters. The number of benzene rings is 1. The molecule has 0 saturated heterocycles. The summed E-state index contributed by atoms with van der Waals surface area (Å²) in [6, 6.07) is 5.36. The second-order valence-corrected chi connectivity index (χ2v) is 3.76. The number of hydrogen-bond donors (Lipinski definition) is 1. The molecule has 0 radical (unpaired) electrons. The maximum atomic E-state index is 13.2. The molecule has 1 aromatic rings. The first-order chi connectivity index (χ1) is 6.27. The minimum atomic E-state index is -0.222. The third-order valence-electron chi connectivity index (χ3n) is 2.21. The molecule has 4 heteroatoms. The van der Waals surface area contributed by atoms with E-state index in [2.05, 4.69) is 5.32 Å². The summed E-state index contributed by atoms with van der Waals surface area (Å²) in [5.74, 6) is -0.222. The summed E-state index contributed by atoms with van der Waals surface area (Å²) >= 11 is 5.85. The number of hydrogen-bond acceptors (Lipinski definition) is 1. The lowest BCUT2D eigenvalue weighted by Gasteiger charge is -2.06. The van der Waals surface area contributed by atoms with Gasteiger partial charge in [0.05, 0.1) is 0 Å². The van der Waals surface area contributed by atoms with Gasteiger partial charge in [-0.3, -0.25) is 0 Å². The van der Waals surface area contributed by atoms with E-state index in [0.717, 1.165) is 0 Å². The van der Waals surface area contributed by atoms with E-state index in [4.69, 9.17) is 11.6 Å². The van der Waals surface area contributed by atoms with Crippen LogP contribution in [0.25, 0.3) is 0 Å². The Morgan fingerprint density at radius 1 is 1.43 bits per heavy atom. The van der Waals surface area contributed by atoms with Crippen LogP contribution >= 0.6 is 11.6 Å². The van der Waals surface area contributed by atoms with Gasteiger partial charge in [-0.2, -0.15) is 0 Å². The van der Waals surface area contributed by atoms with Gasteiger partial charge < -0.3 is 17.7 Å². The third kappa shape index (κ3) is 2.84. The monoisotopic (exact) mass is 234 g/mol. The van der Waals surface area contributed by atoms with Gasteiger partial charge >= 0.3 is 0 Å². The van der Waals surface area contributed by atoms with Gasteiger partial charge in [0.15, 0.2) is 0 Å². The largest absolute Gasteiger partial charge is 1.00 e. The maximum Gasteiger partial charge on any atom is 0.129 e. The highest BCUT2D eigenvalue weighted by Gasteiger charge is 2.21. The predicted octanol–water partition coefficient (Wildman–Crippen LogP) is -0.265. The first kappa shape index (κ1) is 11.8. The smallest absolute Gasteiger partial charge is 0.129 e. The number of rotatable bonds is 3. The fraction of sp³-hybridized carbons (Fsp3) is 0.400. The lowest BCUT2D eigenvalue weighted by molar-refractivity contribution is -0.00000321. The van der Waals surface area contributed by atoms with E-state index in [9.17, 15) is 4.39 Å². The van der Waals surface area contributed by atoms with Crippen molar-refractivity contribution in [2.75, 3.05) is 0 Å². The normalized spacial score (nSPS) is 15.0. The summed E-state index contributed by atoms with van der Waals surface area (Å²) < 4.78 is 13.2. The summed E-state index contributed by atoms with van der Waals surface area (Å²) in [6.07, 6.45) is 2.40. The van der Waals surface area contributed by atoms with Crippen molar-refractivity contribution in [2.24, 2.45) is 0 Å². The molecule has 0 aliphatic heterocycles. The molecule has 0 heterocycles. The van der Waals surface area contributed by atoms with E-state index < -0.39 is 0 Å². The molecule has 14 heavy (non-hydrogen) atoms. The lowest BCUT2D eigenvalue weighted by atomic mass is 10.2. The Bertz CT molecular complexity index is 293. The molecule has 1 fully saturated rings. The minimum Gasteiger partial charge on any atom is -1.00 e. The predicted molar refractivity (Wildman–Crippen MR) is 51.3 cm³/mol. The molecule has 1 aromatic carbocycles. The number of nitrogens with one attached hydrogen (secondary N) is 1. The Morgan fingerprint density at radius 2 is 2.14 bits per heavy atom. The number of halogens is 3. The van der Waals surface area contributed by atoms with Gasteiger partial charge in [-0.15, -0.1) is 0 Å². The van der Waals surface area contributed by atoms with Gasteiger partial charge in [0.1, 0.15) is 5.82 Å². The summed E-state index contributed by atoms with van der Waals surface area (Å²) in [5, 5.41) is 3.74. The molecule has 1 aliphatic rings. The molecule has 0 atom stereocenters. The maximum absolute atomic E-state index is 13.2. The molecule has 0 aromatic heterocycles. The van der Waals surface area contributed by atoms with Crippen LogP contribution in [0.3, 0.4) is 0 Å². The Hall–Kier alpha value is -0.310. The Labute approximate surface area is 94.1 Å². The van der Waals surface area contributed by atoms with Crippen LogP contribution in [0.15, 0.2) is 18.2 Å². The van der Waals surface area contributed by atoms with Crippen LogP contribution in [0.2, 0.25) is 5.02 Å². The Balaban J connectivity index is 0.000000980. The van der Waals surface area contributed by atoms with E-state index >= 15 is 0 Å². The van der Waals surface area contributed by atoms with E-state index in [1.807, 2.05) is 0 Å². The van der Waals surface area contributed by atoms with Crippen molar-refractivity contribution in [1.29, 1.82) is 0 Å². The van der Waals surface area contributed by atoms with Crippen LogP contribution in [0.1, 0.15) is 18.4 Å². The quantitative estimate of drug-likeness (QED) is 0.760. The van der Waals surface area contributed by atoms with E-state index in [1.165, 1.54) is 18.9 Å². The SMILES string of the molecule is Fc1cccc(Cl)c1CNC1CC1.[Cl-]. The van der Waals surface area contributed by atoms with Gasteiger partial charge in [-0.1, -0.05) is 17.7 Å². The van der Waals surface area contributed by atoms with Crippen molar-refractivity contribution >= 4 is 11.6 Å². The molecular weight excluding hydrogens is 224 g/mol. The third-order valence-corrected chi connectivity index (χ3v) is 2.56. The minimum absolute atomic E-state index is 0. The molecule has 78 valence electrons. The molecule has 1 saturated carbocycles. The molecule has 1 nitrogen and oxygen atoms in total. The van der Waals surface area contributed by atoms with Crippen LogP contribution in [0.4, 0.5) is 4.39 Å². The molecule has 1 N–H and O–H groups in total. The Morgan fingerprint density at radius 3 is 2.71 bits per heavy atom. The molecular formula is C10H11Cl2FN-. The first-order valence-electron chi connectivity index (χ1n) is 4.43. The average molecular weight is 235 g/mol. The van der Waals surface area contributed by atoms with E-state index in [-0.39, 0.29) is 18.2 Å². The summed E-state index contributed by atoms with van der Waals surface area (Å²) in [5.41, 5.74) is 0.580. The van der Waals surface area contributed by atoms with Crippen LogP contribution in [0, 0.1) is 5.82 Å². The zero-order chi connectivity index (χ0) is 9.26. The first-order valence-corrected chi connectivity index (χ1v) is 4.81. The van der Waals surface area contributed by atoms with Crippen molar-refractivity contribution in [3.05, 3.63) is 34.6 Å². The molecule has 0 spiro atoms. The molecule has 0 bridgehead atoms. The standard InChI is InChI=1S/C10H11ClFN.ClH/c11-9-2-1-3-10(12)8(9)6-13-7-4-5-7;/h1-3,7,13H,4-6H2;1H/p-1. The van der Waals surface area contributed by atoms with E-state index in [1.54, 1.807) is 12.1 Å². The van der Waals surface area contributed by atoms with Crippen LogP contribution in [-0.2, 0) is 6.54 Å².